The molecule has 0 fully saturated rings. The van der Waals surface area contributed by atoms with Crippen LogP contribution in [-0.4, -0.2) is 6.10 Å². The number of halogens is 3. The Morgan fingerprint density at radius 3 is 2.33 bits per heavy atom. The largest absolute Gasteiger partial charge is 0.489 e. The molecule has 0 saturated heterocycles. The fraction of sp³-hybridized carbons (Fsp3) is 0.200. The van der Waals surface area contributed by atoms with Gasteiger partial charge in [0.1, 0.15) is 23.5 Å². The average molecular weight is 313 g/mol. The van der Waals surface area contributed by atoms with E-state index in [9.17, 15) is 8.78 Å². The first kappa shape index (κ1) is 15.7. The number of benzene rings is 2. The van der Waals surface area contributed by atoms with Crippen molar-refractivity contribution >= 4 is 11.6 Å². The summed E-state index contributed by atoms with van der Waals surface area (Å²) in [5.41, 5.74) is 2.24. The van der Waals surface area contributed by atoms with E-state index in [1.165, 1.54) is 18.2 Å². The van der Waals surface area contributed by atoms with Gasteiger partial charge in [0.05, 0.1) is 6.04 Å². The van der Waals surface area contributed by atoms with E-state index in [1.807, 2.05) is 0 Å². The number of nitrogens with one attached hydrogen (secondary N) is 1. The predicted molar refractivity (Wildman–Crippen MR) is 78.0 cm³/mol. The van der Waals surface area contributed by atoms with Gasteiger partial charge in [-0.05, 0) is 37.3 Å². The molecule has 2 atom stereocenters. The number of hydrogen-bond donors (Lipinski definition) is 2. The Hall–Kier alpha value is -1.69. The Labute approximate surface area is 126 Å². The van der Waals surface area contributed by atoms with Gasteiger partial charge in [0.15, 0.2) is 0 Å². The lowest BCUT2D eigenvalue weighted by Crippen LogP contribution is -2.39. The van der Waals surface area contributed by atoms with Crippen molar-refractivity contribution in [3.8, 4) is 5.75 Å². The fourth-order valence-electron chi connectivity index (χ4n) is 2.08. The van der Waals surface area contributed by atoms with E-state index in [0.29, 0.717) is 10.8 Å². The summed E-state index contributed by atoms with van der Waals surface area (Å²) in [6.45, 7) is 1.66. The summed E-state index contributed by atoms with van der Waals surface area (Å²) in [6.07, 6.45) is -0.611. The first-order valence-electron chi connectivity index (χ1n) is 6.35. The van der Waals surface area contributed by atoms with Gasteiger partial charge in [0.2, 0.25) is 0 Å². The quantitative estimate of drug-likeness (QED) is 0.655. The summed E-state index contributed by atoms with van der Waals surface area (Å²) in [4.78, 5) is 0. The highest BCUT2D eigenvalue weighted by molar-refractivity contribution is 6.30. The number of nitrogens with two attached hydrogens (primary N) is 1. The molecule has 6 heteroatoms. The zero-order valence-corrected chi connectivity index (χ0v) is 12.1. The van der Waals surface area contributed by atoms with E-state index in [2.05, 4.69) is 5.43 Å². The molecule has 0 heterocycles. The van der Waals surface area contributed by atoms with E-state index in [-0.39, 0.29) is 5.56 Å². The van der Waals surface area contributed by atoms with Crippen molar-refractivity contribution in [2.24, 2.45) is 5.84 Å². The normalized spacial score (nSPS) is 13.8. The maximum absolute atomic E-state index is 13.8. The van der Waals surface area contributed by atoms with E-state index < -0.39 is 23.8 Å². The van der Waals surface area contributed by atoms with Gasteiger partial charge in [-0.3, -0.25) is 5.84 Å². The van der Waals surface area contributed by atoms with Gasteiger partial charge in [0.25, 0.3) is 0 Å². The zero-order chi connectivity index (χ0) is 15.4. The standard InChI is InChI=1S/C15H15ClF2N2O/c1-9(21-11-5-2-4-10(16)8-11)15(20-19)14-12(17)6-3-7-13(14)18/h2-9,15,20H,19H2,1H3. The Kier molecular flexibility index (Phi) is 5.12. The summed E-state index contributed by atoms with van der Waals surface area (Å²) in [7, 11) is 0. The van der Waals surface area contributed by atoms with E-state index in [1.54, 1.807) is 31.2 Å². The second kappa shape index (κ2) is 6.85. The fourth-order valence-corrected chi connectivity index (χ4v) is 2.26. The average Bonchev–Trinajstić information content (AvgIpc) is 2.43. The van der Waals surface area contributed by atoms with Crippen molar-refractivity contribution < 1.29 is 13.5 Å². The van der Waals surface area contributed by atoms with Crippen molar-refractivity contribution in [2.75, 3.05) is 0 Å². The highest BCUT2D eigenvalue weighted by atomic mass is 35.5. The van der Waals surface area contributed by atoms with Crippen molar-refractivity contribution in [2.45, 2.75) is 19.1 Å². The Bertz CT molecular complexity index is 604. The maximum Gasteiger partial charge on any atom is 0.131 e. The summed E-state index contributed by atoms with van der Waals surface area (Å²) in [6, 6.07) is 9.54. The lowest BCUT2D eigenvalue weighted by atomic mass is 10.0. The van der Waals surface area contributed by atoms with Crippen LogP contribution in [0.4, 0.5) is 8.78 Å². The third-order valence-electron chi connectivity index (χ3n) is 3.08. The topological polar surface area (TPSA) is 47.3 Å². The number of hydrazine groups is 1. The van der Waals surface area contributed by atoms with E-state index in [4.69, 9.17) is 22.2 Å². The Morgan fingerprint density at radius 1 is 1.14 bits per heavy atom. The summed E-state index contributed by atoms with van der Waals surface area (Å²) >= 11 is 5.87. The van der Waals surface area contributed by atoms with Gasteiger partial charge in [-0.1, -0.05) is 23.7 Å². The first-order valence-corrected chi connectivity index (χ1v) is 6.73. The molecule has 2 rings (SSSR count). The number of rotatable bonds is 5. The van der Waals surface area contributed by atoms with Crippen LogP contribution < -0.4 is 16.0 Å². The van der Waals surface area contributed by atoms with Crippen LogP contribution in [0.2, 0.25) is 5.02 Å². The molecular formula is C15H15ClF2N2O. The lowest BCUT2D eigenvalue weighted by molar-refractivity contribution is 0.166. The number of ether oxygens (including phenoxy) is 1. The molecule has 0 radical (unpaired) electrons. The molecule has 3 nitrogen and oxygen atoms in total. The minimum atomic E-state index is -0.842. The van der Waals surface area contributed by atoms with Crippen LogP contribution in [0, 0.1) is 11.6 Å². The van der Waals surface area contributed by atoms with Crippen LogP contribution in [0.1, 0.15) is 18.5 Å². The van der Waals surface area contributed by atoms with Gasteiger partial charge in [0, 0.05) is 10.6 Å². The minimum Gasteiger partial charge on any atom is -0.489 e. The molecular weight excluding hydrogens is 298 g/mol. The Morgan fingerprint density at radius 2 is 1.76 bits per heavy atom. The molecule has 0 bridgehead atoms. The summed E-state index contributed by atoms with van der Waals surface area (Å²) in [5.74, 6) is 4.57. The smallest absolute Gasteiger partial charge is 0.131 e. The minimum absolute atomic E-state index is 0.158. The summed E-state index contributed by atoms with van der Waals surface area (Å²) < 4.78 is 33.3. The van der Waals surface area contributed by atoms with Crippen molar-refractivity contribution in [1.29, 1.82) is 0 Å². The molecule has 0 amide bonds. The highest BCUT2D eigenvalue weighted by Gasteiger charge is 2.26. The number of hydrogen-bond acceptors (Lipinski definition) is 3. The molecule has 0 saturated carbocycles. The van der Waals surface area contributed by atoms with Gasteiger partial charge in [-0.25, -0.2) is 14.2 Å². The molecule has 0 aliphatic rings. The van der Waals surface area contributed by atoms with Gasteiger partial charge in [-0.2, -0.15) is 0 Å². The third kappa shape index (κ3) is 3.69. The van der Waals surface area contributed by atoms with Crippen LogP contribution in [0.15, 0.2) is 42.5 Å². The molecule has 0 aliphatic carbocycles. The molecule has 2 aromatic carbocycles. The molecule has 0 spiro atoms. The highest BCUT2D eigenvalue weighted by Crippen LogP contribution is 2.26. The molecule has 112 valence electrons. The van der Waals surface area contributed by atoms with Crippen LogP contribution in [0.5, 0.6) is 5.75 Å². The third-order valence-corrected chi connectivity index (χ3v) is 3.31. The molecule has 0 aromatic heterocycles. The van der Waals surface area contributed by atoms with Gasteiger partial charge >= 0.3 is 0 Å². The monoisotopic (exact) mass is 312 g/mol. The van der Waals surface area contributed by atoms with E-state index >= 15 is 0 Å². The molecule has 21 heavy (non-hydrogen) atoms. The molecule has 2 aromatic rings. The van der Waals surface area contributed by atoms with Crippen molar-refractivity contribution in [3.05, 3.63) is 64.7 Å². The van der Waals surface area contributed by atoms with Crippen molar-refractivity contribution in [1.82, 2.24) is 5.43 Å². The Balaban J connectivity index is 2.25. The zero-order valence-electron chi connectivity index (χ0n) is 11.3. The van der Waals surface area contributed by atoms with Crippen molar-refractivity contribution in [3.63, 3.8) is 0 Å². The lowest BCUT2D eigenvalue weighted by Gasteiger charge is -2.25. The SMILES string of the molecule is CC(Oc1cccc(Cl)c1)C(NN)c1c(F)cccc1F. The van der Waals surface area contributed by atoms with Crippen LogP contribution in [0.3, 0.4) is 0 Å². The molecule has 3 N–H and O–H groups in total. The molecule has 0 aliphatic heterocycles. The first-order chi connectivity index (χ1) is 10.0. The second-order valence-electron chi connectivity index (χ2n) is 4.56. The molecule has 2 unspecified atom stereocenters. The van der Waals surface area contributed by atoms with Gasteiger partial charge in [-0.15, -0.1) is 0 Å². The van der Waals surface area contributed by atoms with Crippen LogP contribution in [-0.2, 0) is 0 Å². The maximum atomic E-state index is 13.8. The van der Waals surface area contributed by atoms with Crippen LogP contribution >= 0.6 is 11.6 Å². The summed E-state index contributed by atoms with van der Waals surface area (Å²) in [5, 5.41) is 0.508. The van der Waals surface area contributed by atoms with Gasteiger partial charge < -0.3 is 4.74 Å². The predicted octanol–water partition coefficient (Wildman–Crippen LogP) is 3.59. The van der Waals surface area contributed by atoms with Crippen LogP contribution in [0.25, 0.3) is 0 Å². The second-order valence-corrected chi connectivity index (χ2v) is 5.00. The van der Waals surface area contributed by atoms with E-state index in [0.717, 1.165) is 0 Å².